The monoisotopic (exact) mass is 256 g/mol. The second-order valence-electron chi connectivity index (χ2n) is 3.96. The molecule has 15 heavy (non-hydrogen) atoms. The van der Waals surface area contributed by atoms with Crippen LogP contribution in [0.3, 0.4) is 0 Å². The first-order valence-electron chi connectivity index (χ1n) is 5.82. The molecule has 0 aromatic heterocycles. The van der Waals surface area contributed by atoms with Gasteiger partial charge in [0.2, 0.25) is 0 Å². The Kier molecular flexibility index (Phi) is 13.1. The molecular formula is C11H26Cl2N2. The highest BCUT2D eigenvalue weighted by molar-refractivity contribution is 5.85. The summed E-state index contributed by atoms with van der Waals surface area (Å²) in [5.41, 5.74) is 0. The van der Waals surface area contributed by atoms with Crippen molar-refractivity contribution >= 4 is 24.8 Å². The fourth-order valence-corrected chi connectivity index (χ4v) is 2.05. The van der Waals surface area contributed by atoms with E-state index < -0.39 is 0 Å². The van der Waals surface area contributed by atoms with Gasteiger partial charge in [-0.05, 0) is 45.4 Å². The van der Waals surface area contributed by atoms with Crippen molar-refractivity contribution in [3.05, 3.63) is 0 Å². The first-order chi connectivity index (χ1) is 6.36. The molecule has 0 aliphatic carbocycles. The fraction of sp³-hybridized carbons (Fsp3) is 1.00. The summed E-state index contributed by atoms with van der Waals surface area (Å²) in [6, 6.07) is 0.800. The number of nitrogens with one attached hydrogen (secondary N) is 1. The summed E-state index contributed by atoms with van der Waals surface area (Å²) in [4.78, 5) is 2.51. The van der Waals surface area contributed by atoms with Crippen molar-refractivity contribution in [3.8, 4) is 0 Å². The highest BCUT2D eigenvalue weighted by Gasteiger charge is 2.12. The smallest absolute Gasteiger partial charge is 0.00792 e. The number of nitrogens with zero attached hydrogens (tertiary/aromatic N) is 1. The Hall–Kier alpha value is 0.500. The normalized spacial score (nSPS) is 20.6. The van der Waals surface area contributed by atoms with Gasteiger partial charge in [0.1, 0.15) is 0 Å². The van der Waals surface area contributed by atoms with Gasteiger partial charge in [0.15, 0.2) is 0 Å². The Balaban J connectivity index is 0. The summed E-state index contributed by atoms with van der Waals surface area (Å²) in [5.74, 6) is 0. The molecule has 1 unspecified atom stereocenters. The van der Waals surface area contributed by atoms with E-state index in [1.807, 2.05) is 0 Å². The molecule has 1 heterocycles. The molecule has 1 rings (SSSR count). The number of halogens is 2. The van der Waals surface area contributed by atoms with E-state index in [2.05, 4.69) is 24.1 Å². The van der Waals surface area contributed by atoms with Crippen molar-refractivity contribution in [1.29, 1.82) is 0 Å². The molecule has 1 aliphatic rings. The van der Waals surface area contributed by atoms with Gasteiger partial charge in [-0.2, -0.15) is 0 Å². The van der Waals surface area contributed by atoms with E-state index in [4.69, 9.17) is 0 Å². The average molecular weight is 257 g/mol. The standard InChI is InChI=1S/C11H24N2.2ClH/c1-3-13(4-2)10-8-11-7-5-6-9-12-11;;/h11-12H,3-10H2,1-2H3;2*1H. The molecule has 0 saturated carbocycles. The summed E-state index contributed by atoms with van der Waals surface area (Å²) in [5, 5.41) is 3.60. The number of piperidine rings is 1. The number of hydrogen-bond acceptors (Lipinski definition) is 2. The van der Waals surface area contributed by atoms with Crippen LogP contribution < -0.4 is 5.32 Å². The molecule has 1 fully saturated rings. The van der Waals surface area contributed by atoms with Gasteiger partial charge in [-0.15, -0.1) is 24.8 Å². The summed E-state index contributed by atoms with van der Waals surface area (Å²) < 4.78 is 0. The molecule has 1 saturated heterocycles. The van der Waals surface area contributed by atoms with E-state index in [-0.39, 0.29) is 24.8 Å². The van der Waals surface area contributed by atoms with E-state index >= 15 is 0 Å². The number of hydrogen-bond donors (Lipinski definition) is 1. The van der Waals surface area contributed by atoms with Crippen LogP contribution in [0.4, 0.5) is 0 Å². The quantitative estimate of drug-likeness (QED) is 0.814. The Morgan fingerprint density at radius 2 is 1.80 bits per heavy atom. The molecule has 0 aromatic rings. The fourth-order valence-electron chi connectivity index (χ4n) is 2.05. The summed E-state index contributed by atoms with van der Waals surface area (Å²) in [6.45, 7) is 9.40. The third-order valence-electron chi connectivity index (χ3n) is 3.10. The molecule has 1 atom stereocenters. The molecule has 1 N–H and O–H groups in total. The van der Waals surface area contributed by atoms with E-state index in [1.165, 1.54) is 51.9 Å². The zero-order valence-corrected chi connectivity index (χ0v) is 11.6. The SMILES string of the molecule is CCN(CC)CCC1CCCCN1.Cl.Cl. The van der Waals surface area contributed by atoms with Crippen LogP contribution in [0.5, 0.6) is 0 Å². The predicted octanol–water partition coefficient (Wildman–Crippen LogP) is 2.70. The maximum absolute atomic E-state index is 3.60. The Bertz CT molecular complexity index is 124. The first-order valence-corrected chi connectivity index (χ1v) is 5.82. The zero-order chi connectivity index (χ0) is 9.52. The molecule has 2 nitrogen and oxygen atoms in total. The van der Waals surface area contributed by atoms with Gasteiger partial charge < -0.3 is 10.2 Å². The summed E-state index contributed by atoms with van der Waals surface area (Å²) >= 11 is 0. The molecule has 0 aromatic carbocycles. The lowest BCUT2D eigenvalue weighted by Gasteiger charge is -2.26. The van der Waals surface area contributed by atoms with E-state index in [9.17, 15) is 0 Å². The van der Waals surface area contributed by atoms with Gasteiger partial charge >= 0.3 is 0 Å². The van der Waals surface area contributed by atoms with Crippen molar-refractivity contribution in [1.82, 2.24) is 10.2 Å². The maximum Gasteiger partial charge on any atom is 0.00792 e. The van der Waals surface area contributed by atoms with E-state index in [1.54, 1.807) is 0 Å². The topological polar surface area (TPSA) is 15.3 Å². The third-order valence-corrected chi connectivity index (χ3v) is 3.10. The highest BCUT2D eigenvalue weighted by atomic mass is 35.5. The van der Waals surface area contributed by atoms with E-state index in [0.29, 0.717) is 0 Å². The van der Waals surface area contributed by atoms with Crippen LogP contribution in [-0.4, -0.2) is 37.1 Å². The molecule has 0 amide bonds. The van der Waals surface area contributed by atoms with Crippen molar-refractivity contribution in [3.63, 3.8) is 0 Å². The molecule has 4 heteroatoms. The Morgan fingerprint density at radius 1 is 1.13 bits per heavy atom. The second kappa shape index (κ2) is 11.0. The van der Waals surface area contributed by atoms with Gasteiger partial charge in [0, 0.05) is 6.04 Å². The Morgan fingerprint density at radius 3 is 2.27 bits per heavy atom. The van der Waals surface area contributed by atoms with Crippen molar-refractivity contribution in [2.75, 3.05) is 26.2 Å². The van der Waals surface area contributed by atoms with Gasteiger partial charge in [-0.3, -0.25) is 0 Å². The molecule has 94 valence electrons. The van der Waals surface area contributed by atoms with Gasteiger partial charge in [0.25, 0.3) is 0 Å². The van der Waals surface area contributed by atoms with Gasteiger partial charge in [0.05, 0.1) is 0 Å². The molecular weight excluding hydrogens is 231 g/mol. The Labute approximate surface area is 107 Å². The molecule has 0 bridgehead atoms. The largest absolute Gasteiger partial charge is 0.314 e. The van der Waals surface area contributed by atoms with Crippen molar-refractivity contribution in [2.24, 2.45) is 0 Å². The lowest BCUT2D eigenvalue weighted by Crippen LogP contribution is -2.37. The van der Waals surface area contributed by atoms with Crippen LogP contribution in [-0.2, 0) is 0 Å². The van der Waals surface area contributed by atoms with Crippen LogP contribution in [0.2, 0.25) is 0 Å². The summed E-state index contributed by atoms with van der Waals surface area (Å²) in [6.07, 6.45) is 5.53. The van der Waals surface area contributed by atoms with E-state index in [0.717, 1.165) is 6.04 Å². The van der Waals surface area contributed by atoms with Gasteiger partial charge in [-0.25, -0.2) is 0 Å². The number of rotatable bonds is 5. The molecule has 1 aliphatic heterocycles. The maximum atomic E-state index is 3.60. The predicted molar refractivity (Wildman–Crippen MR) is 72.5 cm³/mol. The van der Waals surface area contributed by atoms with Gasteiger partial charge in [-0.1, -0.05) is 20.3 Å². The lowest BCUT2D eigenvalue weighted by molar-refractivity contribution is 0.267. The third kappa shape index (κ3) is 7.40. The highest BCUT2D eigenvalue weighted by Crippen LogP contribution is 2.10. The second-order valence-corrected chi connectivity index (χ2v) is 3.96. The summed E-state index contributed by atoms with van der Waals surface area (Å²) in [7, 11) is 0. The average Bonchev–Trinajstić information content (AvgIpc) is 2.21. The minimum absolute atomic E-state index is 0. The van der Waals surface area contributed by atoms with Crippen LogP contribution >= 0.6 is 24.8 Å². The minimum atomic E-state index is 0. The molecule has 0 radical (unpaired) electrons. The van der Waals surface area contributed by atoms with Crippen molar-refractivity contribution in [2.45, 2.75) is 45.6 Å². The van der Waals surface area contributed by atoms with Crippen molar-refractivity contribution < 1.29 is 0 Å². The molecule has 0 spiro atoms. The zero-order valence-electron chi connectivity index (χ0n) is 10.00. The first kappa shape index (κ1) is 17.9. The van der Waals surface area contributed by atoms with Crippen LogP contribution in [0.15, 0.2) is 0 Å². The van der Waals surface area contributed by atoms with Crippen LogP contribution in [0, 0.1) is 0 Å². The van der Waals surface area contributed by atoms with Crippen LogP contribution in [0.1, 0.15) is 39.5 Å². The lowest BCUT2D eigenvalue weighted by atomic mass is 10.0. The van der Waals surface area contributed by atoms with Crippen LogP contribution in [0.25, 0.3) is 0 Å². The minimum Gasteiger partial charge on any atom is -0.314 e.